The van der Waals surface area contributed by atoms with E-state index in [0.29, 0.717) is 0 Å². The Morgan fingerprint density at radius 1 is 1.40 bits per heavy atom. The van der Waals surface area contributed by atoms with Crippen molar-refractivity contribution in [2.24, 2.45) is 11.3 Å². The first kappa shape index (κ1) is 14.8. The normalized spacial score (nSPS) is 26.4. The summed E-state index contributed by atoms with van der Waals surface area (Å²) < 4.78 is 10.1. The van der Waals surface area contributed by atoms with E-state index in [1.807, 2.05) is 0 Å². The molecule has 1 saturated heterocycles. The van der Waals surface area contributed by atoms with Crippen LogP contribution >= 0.6 is 0 Å². The lowest BCUT2D eigenvalue weighted by Gasteiger charge is -2.27. The van der Waals surface area contributed by atoms with Gasteiger partial charge in [-0.25, -0.2) is 9.59 Å². The maximum absolute atomic E-state index is 12.0. The zero-order valence-corrected chi connectivity index (χ0v) is 12.1. The predicted molar refractivity (Wildman–Crippen MR) is 69.6 cm³/mol. The van der Waals surface area contributed by atoms with Crippen LogP contribution in [0.4, 0.5) is 0 Å². The van der Waals surface area contributed by atoms with Crippen molar-refractivity contribution in [3.63, 3.8) is 0 Å². The second kappa shape index (κ2) is 5.42. The van der Waals surface area contributed by atoms with Crippen LogP contribution in [0.2, 0.25) is 0 Å². The molecule has 0 aromatic rings. The molecule has 0 aromatic carbocycles. The summed E-state index contributed by atoms with van der Waals surface area (Å²) in [5.74, 6) is -1.23. The molecule has 1 amide bonds. The van der Waals surface area contributed by atoms with Gasteiger partial charge >= 0.3 is 11.9 Å². The first-order valence-corrected chi connectivity index (χ1v) is 6.99. The molecule has 1 heterocycles. The molecule has 0 radical (unpaired) electrons. The van der Waals surface area contributed by atoms with E-state index in [9.17, 15) is 14.4 Å². The summed E-state index contributed by atoms with van der Waals surface area (Å²) >= 11 is 0. The maximum Gasteiger partial charge on any atom is 0.348 e. The monoisotopic (exact) mass is 283 g/mol. The van der Waals surface area contributed by atoms with Crippen molar-refractivity contribution in [2.75, 3.05) is 6.61 Å². The minimum absolute atomic E-state index is 0.0122. The lowest BCUT2D eigenvalue weighted by Crippen LogP contribution is -2.46. The molecule has 2 fully saturated rings. The molecule has 0 aromatic heterocycles. The average Bonchev–Trinajstić information content (AvgIpc) is 2.53. The summed E-state index contributed by atoms with van der Waals surface area (Å²) in [6.07, 6.45) is 1.89. The Bertz CT molecular complexity index is 427. The summed E-state index contributed by atoms with van der Waals surface area (Å²) in [5.41, 5.74) is -0.537. The summed E-state index contributed by atoms with van der Waals surface area (Å²) in [6.45, 7) is 5.39. The number of esters is 2. The van der Waals surface area contributed by atoms with Crippen LogP contribution < -0.4 is 5.32 Å². The molecule has 1 saturated carbocycles. The van der Waals surface area contributed by atoms with E-state index in [1.165, 1.54) is 0 Å². The van der Waals surface area contributed by atoms with Crippen LogP contribution in [-0.2, 0) is 23.9 Å². The van der Waals surface area contributed by atoms with Gasteiger partial charge in [0.1, 0.15) is 12.6 Å². The van der Waals surface area contributed by atoms with Crippen molar-refractivity contribution in [2.45, 2.75) is 52.2 Å². The lowest BCUT2D eigenvalue weighted by molar-refractivity contribution is -0.165. The van der Waals surface area contributed by atoms with Gasteiger partial charge in [-0.1, -0.05) is 20.3 Å². The van der Waals surface area contributed by atoms with E-state index < -0.39 is 29.5 Å². The standard InChI is InChI=1S/C14H21NO5/c1-8(15-11(16)9-5-4-6-9)12(17)20-10-13(18)19-7-14(10,2)3/h8-10H,4-7H2,1-3H3,(H,15,16)/t8?,10-/m0/s1. The van der Waals surface area contributed by atoms with Crippen LogP contribution in [-0.4, -0.2) is 36.6 Å². The van der Waals surface area contributed by atoms with E-state index in [0.717, 1.165) is 19.3 Å². The Morgan fingerprint density at radius 2 is 2.05 bits per heavy atom. The Hall–Kier alpha value is -1.59. The number of rotatable bonds is 4. The molecule has 2 atom stereocenters. The number of cyclic esters (lactones) is 1. The summed E-state index contributed by atoms with van der Waals surface area (Å²) in [6, 6.07) is -0.757. The third-order valence-corrected chi connectivity index (χ3v) is 3.93. The van der Waals surface area contributed by atoms with Crippen molar-refractivity contribution in [3.05, 3.63) is 0 Å². The highest BCUT2D eigenvalue weighted by Crippen LogP contribution is 2.31. The number of hydrogen-bond donors (Lipinski definition) is 1. The van der Waals surface area contributed by atoms with Gasteiger partial charge in [0.15, 0.2) is 0 Å². The molecule has 0 spiro atoms. The van der Waals surface area contributed by atoms with Gasteiger partial charge in [0, 0.05) is 11.3 Å². The molecule has 6 nitrogen and oxygen atoms in total. The smallest absolute Gasteiger partial charge is 0.348 e. The quantitative estimate of drug-likeness (QED) is 0.771. The molecule has 6 heteroatoms. The van der Waals surface area contributed by atoms with Crippen molar-refractivity contribution in [3.8, 4) is 0 Å². The molecule has 1 aliphatic heterocycles. The van der Waals surface area contributed by atoms with Crippen LogP contribution in [0.1, 0.15) is 40.0 Å². The van der Waals surface area contributed by atoms with E-state index in [1.54, 1.807) is 20.8 Å². The lowest BCUT2D eigenvalue weighted by atomic mass is 9.84. The van der Waals surface area contributed by atoms with Crippen molar-refractivity contribution in [1.82, 2.24) is 5.32 Å². The van der Waals surface area contributed by atoms with Gasteiger partial charge in [-0.2, -0.15) is 0 Å². The highest BCUT2D eigenvalue weighted by Gasteiger charge is 2.47. The second-order valence-electron chi connectivity index (χ2n) is 6.27. The Labute approximate surface area is 118 Å². The van der Waals surface area contributed by atoms with Gasteiger partial charge < -0.3 is 14.8 Å². The van der Waals surface area contributed by atoms with Crippen LogP contribution in [0, 0.1) is 11.3 Å². The zero-order chi connectivity index (χ0) is 14.9. The Kier molecular flexibility index (Phi) is 4.01. The van der Waals surface area contributed by atoms with Crippen LogP contribution in [0.3, 0.4) is 0 Å². The summed E-state index contributed by atoms with van der Waals surface area (Å²) in [5, 5.41) is 2.63. The van der Waals surface area contributed by atoms with E-state index in [4.69, 9.17) is 9.47 Å². The molecule has 112 valence electrons. The summed E-state index contributed by atoms with van der Waals surface area (Å²) in [4.78, 5) is 35.3. The van der Waals surface area contributed by atoms with Gasteiger partial charge in [-0.3, -0.25) is 4.79 Å². The van der Waals surface area contributed by atoms with E-state index in [2.05, 4.69) is 5.32 Å². The Balaban J connectivity index is 1.87. The van der Waals surface area contributed by atoms with Gasteiger partial charge in [0.2, 0.25) is 12.0 Å². The van der Waals surface area contributed by atoms with Gasteiger partial charge in [0.05, 0.1) is 0 Å². The molecule has 20 heavy (non-hydrogen) atoms. The third-order valence-electron chi connectivity index (χ3n) is 3.93. The number of amides is 1. The van der Waals surface area contributed by atoms with Crippen molar-refractivity contribution >= 4 is 17.8 Å². The highest BCUT2D eigenvalue weighted by atomic mass is 16.6. The van der Waals surface area contributed by atoms with Crippen LogP contribution in [0.25, 0.3) is 0 Å². The first-order valence-electron chi connectivity index (χ1n) is 6.99. The van der Waals surface area contributed by atoms with Gasteiger partial charge in [-0.15, -0.1) is 0 Å². The maximum atomic E-state index is 12.0. The van der Waals surface area contributed by atoms with Crippen molar-refractivity contribution in [1.29, 1.82) is 0 Å². The Morgan fingerprint density at radius 3 is 2.50 bits per heavy atom. The molecule has 2 aliphatic rings. The number of carbonyl (C=O) groups is 3. The van der Waals surface area contributed by atoms with Crippen LogP contribution in [0.5, 0.6) is 0 Å². The fraction of sp³-hybridized carbons (Fsp3) is 0.786. The topological polar surface area (TPSA) is 81.7 Å². The number of carbonyl (C=O) groups excluding carboxylic acids is 3. The molecule has 2 rings (SSSR count). The molecule has 0 bridgehead atoms. The number of nitrogens with one attached hydrogen (secondary N) is 1. The fourth-order valence-corrected chi connectivity index (χ4v) is 2.21. The average molecular weight is 283 g/mol. The third kappa shape index (κ3) is 2.94. The number of hydrogen-bond acceptors (Lipinski definition) is 5. The predicted octanol–water partition coefficient (Wildman–Crippen LogP) is 0.786. The molecular weight excluding hydrogens is 262 g/mol. The highest BCUT2D eigenvalue weighted by molar-refractivity contribution is 5.88. The van der Waals surface area contributed by atoms with Crippen LogP contribution in [0.15, 0.2) is 0 Å². The first-order chi connectivity index (χ1) is 9.31. The van der Waals surface area contributed by atoms with Gasteiger partial charge in [-0.05, 0) is 19.8 Å². The molecule has 1 N–H and O–H groups in total. The SMILES string of the molecule is CC(NC(=O)C1CCC1)C(=O)O[C@H]1C(=O)OCC1(C)C. The largest absolute Gasteiger partial charge is 0.462 e. The fourth-order valence-electron chi connectivity index (χ4n) is 2.21. The van der Waals surface area contributed by atoms with Crippen molar-refractivity contribution < 1.29 is 23.9 Å². The summed E-state index contributed by atoms with van der Waals surface area (Å²) in [7, 11) is 0. The van der Waals surface area contributed by atoms with E-state index >= 15 is 0 Å². The minimum Gasteiger partial charge on any atom is -0.462 e. The van der Waals surface area contributed by atoms with Gasteiger partial charge in [0.25, 0.3) is 0 Å². The van der Waals surface area contributed by atoms with E-state index in [-0.39, 0.29) is 18.4 Å². The molecule has 1 unspecified atom stereocenters. The molecule has 1 aliphatic carbocycles. The molecular formula is C14H21NO5. The zero-order valence-electron chi connectivity index (χ0n) is 12.1. The minimum atomic E-state index is -0.905. The number of ether oxygens (including phenoxy) is 2. The second-order valence-corrected chi connectivity index (χ2v) is 6.27.